The molecule has 1 aliphatic heterocycles. The van der Waals surface area contributed by atoms with Crippen molar-refractivity contribution in [3.8, 4) is 0 Å². The molecule has 0 aromatic rings. The summed E-state index contributed by atoms with van der Waals surface area (Å²) in [4.78, 5) is 0. The molecule has 1 heterocycles. The predicted molar refractivity (Wildman–Crippen MR) is 38.3 cm³/mol. The van der Waals surface area contributed by atoms with Crippen LogP contribution >= 0.6 is 0 Å². The van der Waals surface area contributed by atoms with Crippen molar-refractivity contribution in [3.63, 3.8) is 0 Å². The quantitative estimate of drug-likeness (QED) is 0.553. The van der Waals surface area contributed by atoms with E-state index in [2.05, 4.69) is 6.92 Å². The Labute approximate surface area is 61.2 Å². The molecule has 0 radical (unpaired) electrons. The summed E-state index contributed by atoms with van der Waals surface area (Å²) in [7, 11) is 0. The van der Waals surface area contributed by atoms with E-state index in [1.807, 2.05) is 6.92 Å². The third kappa shape index (κ3) is 1.31. The summed E-state index contributed by atoms with van der Waals surface area (Å²) < 4.78 is 4.81. The summed E-state index contributed by atoms with van der Waals surface area (Å²) in [5.74, 6) is -0.664. The lowest BCUT2D eigenvalue weighted by molar-refractivity contribution is -0.00272. The van der Waals surface area contributed by atoms with Gasteiger partial charge in [0.1, 0.15) is 6.61 Å². The van der Waals surface area contributed by atoms with Crippen LogP contribution in [0.15, 0.2) is 0 Å². The summed E-state index contributed by atoms with van der Waals surface area (Å²) in [6.07, 6.45) is 0.979. The summed E-state index contributed by atoms with van der Waals surface area (Å²) in [6.45, 7) is 4.47. The third-order valence-electron chi connectivity index (χ3n) is 2.22. The maximum atomic E-state index is 9.35. The number of hydrogen-bond acceptors (Lipinski definition) is 3. The first kappa shape index (κ1) is 7.98. The van der Waals surface area contributed by atoms with Gasteiger partial charge in [-0.15, -0.1) is 0 Å². The molecule has 1 saturated heterocycles. The van der Waals surface area contributed by atoms with E-state index in [0.29, 0.717) is 12.5 Å². The minimum atomic E-state index is -0.991. The van der Waals surface area contributed by atoms with E-state index in [1.54, 1.807) is 0 Å². The van der Waals surface area contributed by atoms with E-state index >= 15 is 0 Å². The maximum Gasteiger partial charge on any atom is 0.205 e. The molecule has 0 amide bonds. The average Bonchev–Trinajstić information content (AvgIpc) is 2.66. The molecule has 0 aliphatic carbocycles. The predicted octanol–water partition coefficient (Wildman–Crippen LogP) is 0.0786. The molecule has 1 fully saturated rings. The van der Waals surface area contributed by atoms with Gasteiger partial charge >= 0.3 is 0 Å². The van der Waals surface area contributed by atoms with Crippen LogP contribution in [0, 0.1) is 5.92 Å². The van der Waals surface area contributed by atoms with Gasteiger partial charge in [0.05, 0.1) is 6.04 Å². The molecular formula is C7H15NO2. The van der Waals surface area contributed by atoms with E-state index in [1.165, 1.54) is 0 Å². The van der Waals surface area contributed by atoms with Gasteiger partial charge in [0.2, 0.25) is 5.79 Å². The molecule has 0 spiro atoms. The minimum Gasteiger partial charge on any atom is -0.362 e. The molecule has 60 valence electrons. The van der Waals surface area contributed by atoms with Gasteiger partial charge in [-0.05, 0) is 5.92 Å². The second-order valence-electron chi connectivity index (χ2n) is 3.04. The minimum absolute atomic E-state index is 0.225. The van der Waals surface area contributed by atoms with Crippen molar-refractivity contribution in [3.05, 3.63) is 0 Å². The molecule has 0 bridgehead atoms. The van der Waals surface area contributed by atoms with Crippen LogP contribution < -0.4 is 5.73 Å². The number of ether oxygens (including phenoxy) is 1. The van der Waals surface area contributed by atoms with Crippen LogP contribution in [0.5, 0.6) is 0 Å². The molecule has 1 rings (SSSR count). The summed E-state index contributed by atoms with van der Waals surface area (Å²) in [6, 6.07) is -0.225. The highest BCUT2D eigenvalue weighted by Gasteiger charge is 2.49. The molecule has 1 unspecified atom stereocenters. The van der Waals surface area contributed by atoms with Crippen molar-refractivity contribution in [1.82, 2.24) is 0 Å². The van der Waals surface area contributed by atoms with Crippen LogP contribution in [0.4, 0.5) is 0 Å². The van der Waals surface area contributed by atoms with Crippen LogP contribution in [0.2, 0.25) is 0 Å². The zero-order chi connectivity index (χ0) is 7.78. The monoisotopic (exact) mass is 145 g/mol. The van der Waals surface area contributed by atoms with Crippen LogP contribution in [-0.4, -0.2) is 23.5 Å². The highest BCUT2D eigenvalue weighted by Crippen LogP contribution is 2.30. The lowest BCUT2D eigenvalue weighted by Crippen LogP contribution is -2.42. The van der Waals surface area contributed by atoms with Gasteiger partial charge in [0.25, 0.3) is 0 Å². The Balaban J connectivity index is 2.40. The zero-order valence-electron chi connectivity index (χ0n) is 6.50. The zero-order valence-corrected chi connectivity index (χ0v) is 6.50. The first-order valence-electron chi connectivity index (χ1n) is 3.72. The van der Waals surface area contributed by atoms with Gasteiger partial charge in [0.15, 0.2) is 0 Å². The third-order valence-corrected chi connectivity index (χ3v) is 2.22. The van der Waals surface area contributed by atoms with Crippen molar-refractivity contribution in [2.24, 2.45) is 11.7 Å². The van der Waals surface area contributed by atoms with Gasteiger partial charge in [-0.1, -0.05) is 20.3 Å². The van der Waals surface area contributed by atoms with E-state index in [9.17, 15) is 5.11 Å². The summed E-state index contributed by atoms with van der Waals surface area (Å²) in [5.41, 5.74) is 5.69. The van der Waals surface area contributed by atoms with E-state index < -0.39 is 5.79 Å². The number of aliphatic hydroxyl groups is 1. The Hall–Kier alpha value is -0.120. The Morgan fingerprint density at radius 2 is 2.30 bits per heavy atom. The van der Waals surface area contributed by atoms with Gasteiger partial charge in [-0.2, -0.15) is 0 Å². The Kier molecular flexibility index (Phi) is 1.99. The van der Waals surface area contributed by atoms with Crippen molar-refractivity contribution in [1.29, 1.82) is 0 Å². The lowest BCUT2D eigenvalue weighted by Gasteiger charge is -2.20. The van der Waals surface area contributed by atoms with Crippen molar-refractivity contribution in [2.45, 2.75) is 32.1 Å². The van der Waals surface area contributed by atoms with Gasteiger partial charge in [-0.25, -0.2) is 0 Å². The first-order valence-corrected chi connectivity index (χ1v) is 3.72. The molecule has 3 N–H and O–H groups in total. The van der Waals surface area contributed by atoms with E-state index in [4.69, 9.17) is 10.5 Å². The lowest BCUT2D eigenvalue weighted by atomic mass is 9.96. The fourth-order valence-corrected chi connectivity index (χ4v) is 0.965. The number of nitrogens with two attached hydrogens (primary N) is 1. The largest absolute Gasteiger partial charge is 0.362 e. The van der Waals surface area contributed by atoms with Gasteiger partial charge < -0.3 is 15.6 Å². The van der Waals surface area contributed by atoms with Gasteiger partial charge in [0, 0.05) is 0 Å². The number of epoxide rings is 1. The van der Waals surface area contributed by atoms with E-state index in [-0.39, 0.29) is 6.04 Å². The molecule has 0 aromatic heterocycles. The molecule has 3 atom stereocenters. The molecule has 10 heavy (non-hydrogen) atoms. The topological polar surface area (TPSA) is 58.8 Å². The van der Waals surface area contributed by atoms with Crippen molar-refractivity contribution in [2.75, 3.05) is 6.61 Å². The normalized spacial score (nSPS) is 37.2. The highest BCUT2D eigenvalue weighted by atomic mass is 16.7. The molecule has 3 nitrogen and oxygen atoms in total. The SMILES string of the molecule is CC[C@H](C)[C@H](N)C1(O)CO1. The maximum absolute atomic E-state index is 9.35. The Morgan fingerprint density at radius 1 is 1.80 bits per heavy atom. The van der Waals surface area contributed by atoms with Crippen LogP contribution in [0.3, 0.4) is 0 Å². The fraction of sp³-hybridized carbons (Fsp3) is 1.00. The van der Waals surface area contributed by atoms with Crippen LogP contribution in [0.25, 0.3) is 0 Å². The molecule has 3 heteroatoms. The smallest absolute Gasteiger partial charge is 0.205 e. The van der Waals surface area contributed by atoms with Crippen molar-refractivity contribution < 1.29 is 9.84 Å². The first-order chi connectivity index (χ1) is 4.60. The van der Waals surface area contributed by atoms with E-state index in [0.717, 1.165) is 6.42 Å². The molecule has 1 aliphatic rings. The Morgan fingerprint density at radius 3 is 2.60 bits per heavy atom. The molecular weight excluding hydrogens is 130 g/mol. The second kappa shape index (κ2) is 2.49. The standard InChI is InChI=1S/C7H15NO2/c1-3-5(2)6(8)7(9)4-10-7/h5-6,9H,3-4,8H2,1-2H3/t5-,6-,7?/m0/s1. The Bertz CT molecular complexity index is 123. The number of hydrogen-bond donors (Lipinski definition) is 2. The number of rotatable bonds is 3. The van der Waals surface area contributed by atoms with Gasteiger partial charge in [-0.3, -0.25) is 0 Å². The van der Waals surface area contributed by atoms with Crippen LogP contribution in [-0.2, 0) is 4.74 Å². The highest BCUT2D eigenvalue weighted by molar-refractivity contribution is 4.92. The fourth-order valence-electron chi connectivity index (χ4n) is 0.965. The average molecular weight is 145 g/mol. The summed E-state index contributed by atoms with van der Waals surface area (Å²) in [5, 5.41) is 9.35. The second-order valence-corrected chi connectivity index (χ2v) is 3.04. The molecule has 0 aromatic carbocycles. The van der Waals surface area contributed by atoms with Crippen molar-refractivity contribution >= 4 is 0 Å². The summed E-state index contributed by atoms with van der Waals surface area (Å²) >= 11 is 0. The molecule has 0 saturated carbocycles. The van der Waals surface area contributed by atoms with Crippen LogP contribution in [0.1, 0.15) is 20.3 Å².